The summed E-state index contributed by atoms with van der Waals surface area (Å²) in [7, 11) is 3.00. The Morgan fingerprint density at radius 3 is 2.23 bits per heavy atom. The average molecular weight is 431 g/mol. The van der Waals surface area contributed by atoms with Crippen LogP contribution in [0.1, 0.15) is 27.0 Å². The molecule has 168 valence electrons. The van der Waals surface area contributed by atoms with Crippen LogP contribution in [-0.2, 0) is 21.1 Å². The number of methoxy groups -OCH3 is 1. The first-order valence-electron chi connectivity index (χ1n) is 9.82. The Morgan fingerprint density at radius 1 is 0.968 bits per heavy atom. The lowest BCUT2D eigenvalue weighted by Gasteiger charge is -2.20. The van der Waals surface area contributed by atoms with Gasteiger partial charge in [-0.2, -0.15) is 0 Å². The van der Waals surface area contributed by atoms with Crippen molar-refractivity contribution in [3.8, 4) is 5.75 Å². The summed E-state index contributed by atoms with van der Waals surface area (Å²) in [6.07, 6.45) is 3.87. The minimum Gasteiger partial charge on any atom is -0.467 e. The van der Waals surface area contributed by atoms with Crippen LogP contribution in [0.3, 0.4) is 0 Å². The van der Waals surface area contributed by atoms with Crippen LogP contribution < -0.4 is 4.74 Å². The third-order valence-electron chi connectivity index (χ3n) is 4.40. The molecule has 2 aromatic carbocycles. The van der Waals surface area contributed by atoms with Gasteiger partial charge in [-0.1, -0.05) is 30.4 Å². The van der Waals surface area contributed by atoms with Gasteiger partial charge in [0.15, 0.2) is 6.79 Å². The second kappa shape index (κ2) is 13.5. The fourth-order valence-electron chi connectivity index (χ4n) is 2.87. The summed E-state index contributed by atoms with van der Waals surface area (Å²) in [5.41, 5.74) is 3.17. The van der Waals surface area contributed by atoms with Gasteiger partial charge < -0.3 is 24.6 Å². The smallest absolute Gasteiger partial charge is 0.254 e. The van der Waals surface area contributed by atoms with Crippen molar-refractivity contribution in [3.63, 3.8) is 0 Å². The average Bonchev–Trinajstić information content (AvgIpc) is 2.80. The molecule has 0 spiro atoms. The number of carbonyl (C=O) groups excluding carboxylic acids is 1. The van der Waals surface area contributed by atoms with Gasteiger partial charge in [-0.3, -0.25) is 4.79 Å². The highest BCUT2D eigenvalue weighted by atomic mass is 17.2. The summed E-state index contributed by atoms with van der Waals surface area (Å²) in [4.78, 5) is 23.6. The van der Waals surface area contributed by atoms with Crippen LogP contribution in [0.15, 0.2) is 42.5 Å². The van der Waals surface area contributed by atoms with Crippen LogP contribution in [-0.4, -0.2) is 68.3 Å². The fraction of sp³-hybridized carbons (Fsp3) is 0.348. The molecule has 2 aromatic rings. The Kier molecular flexibility index (Phi) is 10.7. The van der Waals surface area contributed by atoms with Crippen molar-refractivity contribution in [2.24, 2.45) is 0 Å². The molecule has 0 saturated carbocycles. The van der Waals surface area contributed by atoms with E-state index in [2.05, 4.69) is 4.89 Å². The normalized spacial score (nSPS) is 11.1. The third kappa shape index (κ3) is 7.78. The lowest BCUT2D eigenvalue weighted by atomic mass is 10.1. The number of ether oxygens (including phenoxy) is 2. The maximum absolute atomic E-state index is 12.5. The van der Waals surface area contributed by atoms with Gasteiger partial charge in [0, 0.05) is 31.3 Å². The van der Waals surface area contributed by atoms with Crippen LogP contribution in [0.4, 0.5) is 0 Å². The molecule has 0 unspecified atom stereocenters. The predicted octanol–water partition coefficient (Wildman–Crippen LogP) is 2.34. The molecule has 0 bridgehead atoms. The molecular weight excluding hydrogens is 402 g/mol. The molecule has 0 aliphatic heterocycles. The predicted molar refractivity (Wildman–Crippen MR) is 116 cm³/mol. The number of carbonyl (C=O) groups is 1. The van der Waals surface area contributed by atoms with E-state index in [0.717, 1.165) is 16.7 Å². The van der Waals surface area contributed by atoms with Crippen molar-refractivity contribution in [1.29, 1.82) is 0 Å². The fourth-order valence-corrected chi connectivity index (χ4v) is 2.87. The van der Waals surface area contributed by atoms with Gasteiger partial charge in [-0.05, 0) is 35.4 Å². The molecule has 2 N–H and O–H groups in total. The van der Waals surface area contributed by atoms with Gasteiger partial charge in [-0.25, -0.2) is 9.78 Å². The lowest BCUT2D eigenvalue weighted by molar-refractivity contribution is -0.282. The number of amides is 1. The molecule has 0 aromatic heterocycles. The molecule has 0 radical (unpaired) electrons. The lowest BCUT2D eigenvalue weighted by Crippen LogP contribution is -2.35. The van der Waals surface area contributed by atoms with Crippen molar-refractivity contribution >= 4 is 18.1 Å². The first-order chi connectivity index (χ1) is 15.1. The zero-order chi connectivity index (χ0) is 22.5. The van der Waals surface area contributed by atoms with Gasteiger partial charge in [0.05, 0.1) is 20.3 Å². The summed E-state index contributed by atoms with van der Waals surface area (Å²) < 4.78 is 10.5. The summed E-state index contributed by atoms with van der Waals surface area (Å²) in [5, 5.41) is 18.2. The Bertz CT molecular complexity index is 830. The van der Waals surface area contributed by atoms with E-state index >= 15 is 0 Å². The van der Waals surface area contributed by atoms with Crippen molar-refractivity contribution in [1.82, 2.24) is 4.90 Å². The van der Waals surface area contributed by atoms with Crippen LogP contribution in [0.25, 0.3) is 12.2 Å². The largest absolute Gasteiger partial charge is 0.467 e. The van der Waals surface area contributed by atoms with E-state index in [1.165, 1.54) is 12.0 Å². The second-order valence-corrected chi connectivity index (χ2v) is 6.54. The van der Waals surface area contributed by atoms with Gasteiger partial charge in [0.25, 0.3) is 5.91 Å². The molecule has 8 heteroatoms. The topological polar surface area (TPSA) is 97.7 Å². The Balaban J connectivity index is 2.11. The van der Waals surface area contributed by atoms with E-state index in [1.54, 1.807) is 19.2 Å². The SMILES string of the molecule is COCOc1ccc(C=Cc2ccc(C(=O)N(CCO)CCO)cc2)cc1COOC. The highest BCUT2D eigenvalue weighted by Crippen LogP contribution is 2.23. The van der Waals surface area contributed by atoms with Gasteiger partial charge in [0.1, 0.15) is 12.4 Å². The molecular formula is C23H29NO7. The number of hydrogen-bond donors (Lipinski definition) is 2. The van der Waals surface area contributed by atoms with Crippen LogP contribution in [0, 0.1) is 0 Å². The van der Waals surface area contributed by atoms with E-state index < -0.39 is 0 Å². The number of aliphatic hydroxyl groups excluding tert-OH is 2. The summed E-state index contributed by atoms with van der Waals surface area (Å²) in [6, 6.07) is 12.8. The van der Waals surface area contributed by atoms with E-state index in [9.17, 15) is 4.79 Å². The first-order valence-corrected chi connectivity index (χ1v) is 9.82. The van der Waals surface area contributed by atoms with Crippen molar-refractivity contribution in [2.45, 2.75) is 6.61 Å². The van der Waals surface area contributed by atoms with Crippen molar-refractivity contribution in [2.75, 3.05) is 47.3 Å². The van der Waals surface area contributed by atoms with E-state index in [1.807, 2.05) is 42.5 Å². The monoisotopic (exact) mass is 431 g/mol. The zero-order valence-electron chi connectivity index (χ0n) is 17.8. The number of benzene rings is 2. The van der Waals surface area contributed by atoms with Crippen LogP contribution in [0.2, 0.25) is 0 Å². The maximum Gasteiger partial charge on any atom is 0.254 e. The van der Waals surface area contributed by atoms with E-state index in [-0.39, 0.29) is 45.6 Å². The second-order valence-electron chi connectivity index (χ2n) is 6.54. The molecule has 2 rings (SSSR count). The quantitative estimate of drug-likeness (QED) is 0.217. The third-order valence-corrected chi connectivity index (χ3v) is 4.40. The van der Waals surface area contributed by atoms with Crippen molar-refractivity contribution < 1.29 is 34.3 Å². The van der Waals surface area contributed by atoms with Gasteiger partial charge in [-0.15, -0.1) is 0 Å². The first kappa shape index (κ1) is 24.5. The molecule has 8 nitrogen and oxygen atoms in total. The van der Waals surface area contributed by atoms with Crippen LogP contribution >= 0.6 is 0 Å². The van der Waals surface area contributed by atoms with Gasteiger partial charge in [0.2, 0.25) is 0 Å². The molecule has 31 heavy (non-hydrogen) atoms. The summed E-state index contributed by atoms with van der Waals surface area (Å²) in [6.45, 7) is 0.416. The zero-order valence-corrected chi connectivity index (χ0v) is 17.8. The molecule has 0 heterocycles. The minimum atomic E-state index is -0.229. The molecule has 0 aliphatic rings. The number of nitrogens with zero attached hydrogens (tertiary/aromatic N) is 1. The van der Waals surface area contributed by atoms with E-state index in [4.69, 9.17) is 24.6 Å². The number of hydrogen-bond acceptors (Lipinski definition) is 7. The Labute approximate surface area is 182 Å². The molecule has 1 amide bonds. The van der Waals surface area contributed by atoms with Crippen molar-refractivity contribution in [3.05, 3.63) is 64.7 Å². The summed E-state index contributed by atoms with van der Waals surface area (Å²) >= 11 is 0. The maximum atomic E-state index is 12.5. The Morgan fingerprint density at radius 2 is 1.61 bits per heavy atom. The van der Waals surface area contributed by atoms with E-state index in [0.29, 0.717) is 11.3 Å². The molecule has 0 saturated heterocycles. The molecule has 0 fully saturated rings. The standard InChI is InChI=1S/C23H29NO7/c1-28-17-30-22-10-7-19(15-21(22)16-31-29-2)4-3-18-5-8-20(9-6-18)23(27)24(11-13-25)12-14-26/h3-10,15,25-26H,11-14,16-17H2,1-2H3. The number of rotatable bonds is 13. The highest BCUT2D eigenvalue weighted by molar-refractivity contribution is 5.94. The van der Waals surface area contributed by atoms with Gasteiger partial charge >= 0.3 is 0 Å². The highest BCUT2D eigenvalue weighted by Gasteiger charge is 2.14. The summed E-state index contributed by atoms with van der Waals surface area (Å²) in [5.74, 6) is 0.419. The Hall–Kier alpha value is -2.75. The molecule has 0 aliphatic carbocycles. The molecule has 0 atom stereocenters. The van der Waals surface area contributed by atoms with Crippen LogP contribution in [0.5, 0.6) is 5.75 Å². The number of aliphatic hydroxyl groups is 2. The minimum absolute atomic E-state index is 0.133.